The molecule has 0 atom stereocenters. The summed E-state index contributed by atoms with van der Waals surface area (Å²) < 4.78 is 0. The Balaban J connectivity index is 0. The topological polar surface area (TPSA) is 99.1 Å². The van der Waals surface area contributed by atoms with Crippen LogP contribution in [0.15, 0.2) is 49.6 Å². The number of hydrogen-bond donors (Lipinski definition) is 1. The van der Waals surface area contributed by atoms with Crippen LogP contribution >= 0.6 is 0 Å². The zero-order valence-corrected chi connectivity index (χ0v) is 11.5. The van der Waals surface area contributed by atoms with Crippen LogP contribution in [0.4, 0.5) is 0 Å². The number of para-hydroxylation sites is 1. The van der Waals surface area contributed by atoms with Gasteiger partial charge in [0.2, 0.25) is 0 Å². The van der Waals surface area contributed by atoms with Gasteiger partial charge in [0.05, 0.1) is 0 Å². The molecular weight excluding hydrogens is 280 g/mol. The van der Waals surface area contributed by atoms with Crippen molar-refractivity contribution in [1.29, 1.82) is 0 Å². The van der Waals surface area contributed by atoms with Crippen LogP contribution in [0.1, 0.15) is 5.56 Å². The van der Waals surface area contributed by atoms with E-state index in [1.807, 2.05) is 31.9 Å². The molecule has 0 unspecified atom stereocenters. The first-order valence-electron chi connectivity index (χ1n) is 5.38. The van der Waals surface area contributed by atoms with Crippen LogP contribution in [0, 0.1) is 6.92 Å². The highest BCUT2D eigenvalue weighted by atomic mass is 17.5. The van der Waals surface area contributed by atoms with Gasteiger partial charge in [-0.3, -0.25) is 9.78 Å². The molecule has 114 valence electrons. The minimum atomic E-state index is -0.859. The number of carbonyl (C=O) groups excluding carboxylic acids is 3. The normalized spacial score (nSPS) is 7.86. The number of phenolic OH excluding ortho intramolecular Hbond substituents is 1. The number of carbonyl (C=O) groups is 3. The van der Waals surface area contributed by atoms with Gasteiger partial charge >= 0.3 is 11.9 Å². The maximum absolute atomic E-state index is 10.2. The number of rotatable bonds is 4. The van der Waals surface area contributed by atoms with Crippen molar-refractivity contribution in [1.82, 2.24) is 0 Å². The van der Waals surface area contributed by atoms with E-state index in [-0.39, 0.29) is 0 Å². The van der Waals surface area contributed by atoms with E-state index in [9.17, 15) is 9.59 Å². The Labute approximate surface area is 121 Å². The van der Waals surface area contributed by atoms with Gasteiger partial charge in [0, 0.05) is 17.2 Å². The Hall–Kier alpha value is -2.93. The Morgan fingerprint density at radius 2 is 1.48 bits per heavy atom. The molecule has 1 rings (SSSR count). The van der Waals surface area contributed by atoms with Crippen LogP contribution in [0.3, 0.4) is 0 Å². The molecule has 1 N–H and O–H groups in total. The molecule has 0 aliphatic heterocycles. The number of phenols is 1. The van der Waals surface area contributed by atoms with Gasteiger partial charge in [-0.25, -0.2) is 9.59 Å². The molecule has 0 aliphatic rings. The van der Waals surface area contributed by atoms with E-state index < -0.39 is 11.9 Å². The van der Waals surface area contributed by atoms with Crippen LogP contribution in [-0.4, -0.2) is 23.8 Å². The predicted molar refractivity (Wildman–Crippen MR) is 73.6 cm³/mol. The number of hydrogen-bond acceptors (Lipinski definition) is 7. The van der Waals surface area contributed by atoms with Gasteiger partial charge in [0.1, 0.15) is 12.5 Å². The molecule has 21 heavy (non-hydrogen) atoms. The van der Waals surface area contributed by atoms with Crippen molar-refractivity contribution < 1.29 is 34.3 Å². The minimum absolute atomic E-state index is 0.368. The van der Waals surface area contributed by atoms with E-state index in [2.05, 4.69) is 28.0 Å². The van der Waals surface area contributed by atoms with Crippen LogP contribution < -0.4 is 0 Å². The molecule has 0 saturated carbocycles. The molecular formula is C14H16O7. The first kappa shape index (κ1) is 20.4. The first-order chi connectivity index (χ1) is 10.0. The molecule has 0 radical (unpaired) electrons. The lowest BCUT2D eigenvalue weighted by molar-refractivity contribution is -0.455. The second-order valence-corrected chi connectivity index (χ2v) is 3.07. The quantitative estimate of drug-likeness (QED) is 0.514. The van der Waals surface area contributed by atoms with E-state index in [1.54, 1.807) is 6.07 Å². The third-order valence-electron chi connectivity index (χ3n) is 1.68. The molecule has 1 aromatic rings. The van der Waals surface area contributed by atoms with Crippen molar-refractivity contribution in [2.24, 2.45) is 0 Å². The van der Waals surface area contributed by atoms with E-state index in [0.29, 0.717) is 5.75 Å². The van der Waals surface area contributed by atoms with Gasteiger partial charge in [-0.15, -0.1) is 0 Å². The molecule has 0 aliphatic carbocycles. The average Bonchev–Trinajstić information content (AvgIpc) is 2.52. The lowest BCUT2D eigenvalue weighted by Gasteiger charge is -1.95. The van der Waals surface area contributed by atoms with E-state index in [0.717, 1.165) is 17.7 Å². The molecule has 7 nitrogen and oxygen atoms in total. The average molecular weight is 296 g/mol. The first-order valence-corrected chi connectivity index (χ1v) is 5.38. The number of benzene rings is 1. The number of aryl methyl sites for hydroxylation is 1. The zero-order chi connectivity index (χ0) is 16.7. The molecule has 0 heterocycles. The summed E-state index contributed by atoms with van der Waals surface area (Å²) in [5, 5.41) is 12.6. The van der Waals surface area contributed by atoms with Crippen LogP contribution in [-0.2, 0) is 29.2 Å². The Bertz CT molecular complexity index is 427. The van der Waals surface area contributed by atoms with Crippen molar-refractivity contribution in [3.63, 3.8) is 0 Å². The summed E-state index contributed by atoms with van der Waals surface area (Å²) in [5.41, 5.74) is 0.924. The Morgan fingerprint density at radius 3 is 1.76 bits per heavy atom. The fourth-order valence-electron chi connectivity index (χ4n) is 0.716. The second kappa shape index (κ2) is 13.5. The van der Waals surface area contributed by atoms with Gasteiger partial charge in [0.25, 0.3) is 0 Å². The minimum Gasteiger partial charge on any atom is -0.508 e. The van der Waals surface area contributed by atoms with Gasteiger partial charge in [-0.1, -0.05) is 31.4 Å². The predicted octanol–water partition coefficient (Wildman–Crippen LogP) is 1.81. The van der Waals surface area contributed by atoms with Crippen molar-refractivity contribution in [3.8, 4) is 5.75 Å². The monoisotopic (exact) mass is 296 g/mol. The lowest BCUT2D eigenvalue weighted by Crippen LogP contribution is -2.06. The Kier molecular flexibility index (Phi) is 13.1. The summed E-state index contributed by atoms with van der Waals surface area (Å²) in [6.07, 6.45) is 1.70. The van der Waals surface area contributed by atoms with Crippen molar-refractivity contribution in [2.45, 2.75) is 6.92 Å². The summed E-state index contributed by atoms with van der Waals surface area (Å²) in [7, 11) is 0. The molecule has 1 aromatic carbocycles. The van der Waals surface area contributed by atoms with Crippen molar-refractivity contribution >= 4 is 18.7 Å². The lowest BCUT2D eigenvalue weighted by atomic mass is 10.2. The fraction of sp³-hybridized carbons (Fsp3) is 0.0714. The standard InChI is InChI=1S/C7H8O.C6H6O5.CH2O/c1-6-4-2-3-5-7(6)8;1-3-5(7)9-11-10-6(8)4-2;1-2/h2-5,8H,1H3;3-4H,1-2H2;1H2. The van der Waals surface area contributed by atoms with Gasteiger partial charge < -0.3 is 9.90 Å². The largest absolute Gasteiger partial charge is 0.508 e. The smallest absolute Gasteiger partial charge is 0.369 e. The van der Waals surface area contributed by atoms with Crippen molar-refractivity contribution in [3.05, 3.63) is 55.1 Å². The molecule has 0 saturated heterocycles. The summed E-state index contributed by atoms with van der Waals surface area (Å²) in [6.45, 7) is 10.00. The summed E-state index contributed by atoms with van der Waals surface area (Å²) >= 11 is 0. The van der Waals surface area contributed by atoms with Crippen LogP contribution in [0.25, 0.3) is 0 Å². The third kappa shape index (κ3) is 11.9. The van der Waals surface area contributed by atoms with E-state index in [1.165, 1.54) is 0 Å². The highest BCUT2D eigenvalue weighted by Crippen LogP contribution is 2.12. The molecule has 0 fully saturated rings. The molecule has 7 heteroatoms. The molecule has 0 bridgehead atoms. The summed E-state index contributed by atoms with van der Waals surface area (Å²) in [6, 6.07) is 7.25. The van der Waals surface area contributed by atoms with Crippen molar-refractivity contribution in [2.75, 3.05) is 0 Å². The van der Waals surface area contributed by atoms with Crippen LogP contribution in [0.5, 0.6) is 5.75 Å². The number of aromatic hydroxyl groups is 1. The van der Waals surface area contributed by atoms with E-state index >= 15 is 0 Å². The fourth-order valence-corrected chi connectivity index (χ4v) is 0.716. The maximum Gasteiger partial charge on any atom is 0.369 e. The Morgan fingerprint density at radius 1 is 1.05 bits per heavy atom. The molecule has 0 aromatic heterocycles. The molecule has 0 amide bonds. The molecule has 0 spiro atoms. The highest BCUT2D eigenvalue weighted by Gasteiger charge is 2.00. The van der Waals surface area contributed by atoms with E-state index in [4.69, 9.17) is 9.90 Å². The van der Waals surface area contributed by atoms with Crippen LogP contribution in [0.2, 0.25) is 0 Å². The summed E-state index contributed by atoms with van der Waals surface area (Å²) in [4.78, 5) is 36.0. The van der Waals surface area contributed by atoms with Gasteiger partial charge in [-0.2, -0.15) is 0 Å². The third-order valence-corrected chi connectivity index (χ3v) is 1.68. The van der Waals surface area contributed by atoms with Gasteiger partial charge in [-0.05, 0) is 18.6 Å². The second-order valence-electron chi connectivity index (χ2n) is 3.07. The zero-order valence-electron chi connectivity index (χ0n) is 11.5. The summed E-state index contributed by atoms with van der Waals surface area (Å²) in [5.74, 6) is -1.35. The maximum atomic E-state index is 10.2. The van der Waals surface area contributed by atoms with Gasteiger partial charge in [0.15, 0.2) is 0 Å². The SMILES string of the molecule is C=CC(=O)OOOC(=O)C=C.C=O.Cc1ccccc1O. The highest BCUT2D eigenvalue weighted by molar-refractivity contribution is 5.81.